The van der Waals surface area contributed by atoms with Crippen molar-refractivity contribution in [1.82, 2.24) is 19.9 Å². The number of benzene rings is 6. The molecule has 0 saturated heterocycles. The average molecular weight is 803 g/mol. The average Bonchev–Trinajstić information content (AvgIpc) is 3.81. The number of fused-ring (bicyclic) bond motifs is 2. The lowest BCUT2D eigenvalue weighted by Gasteiger charge is -2.09. The zero-order chi connectivity index (χ0) is 43.4. The fourth-order valence-electron chi connectivity index (χ4n) is 7.05. The number of phenols is 1. The van der Waals surface area contributed by atoms with Gasteiger partial charge in [-0.3, -0.25) is 4.79 Å². The number of nitrogens with zero attached hydrogens (tertiary/aromatic N) is 2. The van der Waals surface area contributed by atoms with Crippen molar-refractivity contribution in [3.05, 3.63) is 153 Å². The molecular weight excluding hydrogens is 753 g/mol. The first-order chi connectivity index (χ1) is 28.5. The third-order valence-corrected chi connectivity index (χ3v) is 10.5. The number of rotatable bonds is 6. The summed E-state index contributed by atoms with van der Waals surface area (Å²) in [6.45, 7) is 16.1. The number of phenolic OH excluding ortho intramolecular Hbond substituents is 1. The fraction of sp³-hybridized carbons (Fsp3) is 0.184. The first-order valence-corrected chi connectivity index (χ1v) is 19.4. The van der Waals surface area contributed by atoms with Gasteiger partial charge in [-0.1, -0.05) is 12.1 Å². The van der Waals surface area contributed by atoms with Crippen molar-refractivity contribution in [3.63, 3.8) is 0 Å². The number of carboxylic acid groups (broad SMARTS) is 1. The van der Waals surface area contributed by atoms with Crippen molar-refractivity contribution in [2.45, 2.75) is 55.4 Å². The van der Waals surface area contributed by atoms with Crippen molar-refractivity contribution in [2.24, 2.45) is 0 Å². The molecule has 0 aliphatic heterocycles. The largest absolute Gasteiger partial charge is 0.508 e. The minimum atomic E-state index is -0.949. The molecule has 8 rings (SSSR count). The Bertz CT molecular complexity index is 2860. The first kappa shape index (κ1) is 42.2. The van der Waals surface area contributed by atoms with Crippen LogP contribution in [0.2, 0.25) is 0 Å². The molecule has 8 aromatic rings. The van der Waals surface area contributed by atoms with E-state index in [2.05, 4.69) is 39.1 Å². The maximum atomic E-state index is 12.7. The quantitative estimate of drug-likeness (QED) is 0.0899. The third-order valence-electron chi connectivity index (χ3n) is 10.5. The summed E-state index contributed by atoms with van der Waals surface area (Å²) in [6.07, 6.45) is 0. The molecule has 0 radical (unpaired) electrons. The Labute approximate surface area is 349 Å². The van der Waals surface area contributed by atoms with Crippen molar-refractivity contribution in [1.29, 1.82) is 0 Å². The first-order valence-electron chi connectivity index (χ1n) is 19.4. The highest BCUT2D eigenvalue weighted by molar-refractivity contribution is 6.06. The van der Waals surface area contributed by atoms with E-state index in [0.717, 1.165) is 84.3 Å². The lowest BCUT2D eigenvalue weighted by molar-refractivity contribution is 0.0696. The predicted molar refractivity (Wildman–Crippen MR) is 241 cm³/mol. The molecule has 2 aromatic heterocycles. The molecule has 0 aliphatic carbocycles. The van der Waals surface area contributed by atoms with Gasteiger partial charge in [-0.05, 0) is 185 Å². The Morgan fingerprint density at radius 1 is 0.583 bits per heavy atom. The van der Waals surface area contributed by atoms with Gasteiger partial charge in [-0.15, -0.1) is 0 Å². The molecule has 0 saturated carbocycles. The monoisotopic (exact) mass is 802 g/mol. The summed E-state index contributed by atoms with van der Waals surface area (Å²) in [5, 5.41) is 21.8. The number of carbonyl (C=O) groups excluding carboxylic acids is 1. The van der Waals surface area contributed by atoms with Gasteiger partial charge in [0.05, 0.1) is 34.7 Å². The van der Waals surface area contributed by atoms with Gasteiger partial charge in [-0.2, -0.15) is 0 Å². The molecule has 7 N–H and O–H groups in total. The number of amides is 1. The molecule has 0 aliphatic rings. The van der Waals surface area contributed by atoms with Crippen LogP contribution in [0.15, 0.2) is 97.1 Å². The Balaban J connectivity index is 0.000000171. The zero-order valence-corrected chi connectivity index (χ0v) is 35.3. The number of H-pyrrole nitrogens is 2. The molecule has 0 atom stereocenters. The highest BCUT2D eigenvalue weighted by Crippen LogP contribution is 2.32. The number of hydrogen-bond donors (Lipinski definition) is 6. The number of aromatic amines is 2. The minimum Gasteiger partial charge on any atom is -0.508 e. The molecular formula is C49H50N6O5. The molecule has 0 unspecified atom stereocenters. The van der Waals surface area contributed by atoms with Crippen LogP contribution in [0.1, 0.15) is 65.2 Å². The summed E-state index contributed by atoms with van der Waals surface area (Å²) >= 11 is 0. The van der Waals surface area contributed by atoms with Crippen LogP contribution < -0.4 is 15.8 Å². The maximum absolute atomic E-state index is 12.7. The molecule has 11 nitrogen and oxygen atoms in total. The molecule has 1 amide bonds. The number of nitrogens with one attached hydrogen (secondary N) is 3. The Kier molecular flexibility index (Phi) is 12.4. The Hall–Kier alpha value is -7.40. The van der Waals surface area contributed by atoms with E-state index < -0.39 is 5.97 Å². The molecule has 11 heteroatoms. The number of methoxy groups -OCH3 is 1. The van der Waals surface area contributed by atoms with Crippen LogP contribution in [0.25, 0.3) is 44.8 Å². The zero-order valence-electron chi connectivity index (χ0n) is 35.3. The number of imidazole rings is 2. The Morgan fingerprint density at radius 2 is 1.07 bits per heavy atom. The number of aromatic carboxylic acids is 1. The SMILES string of the molecule is COc1cc(C)c(-c2nc3ccc(C(=O)O)cc3[nH]2)c(C)c1.Cc1ccc(N)cc1C.Cc1ccc(NC(=O)c2ccc3nc(-c4c(C)cc(O)cc4C)[nH]c3c2)cc1C. The number of hydrogen-bond acceptors (Lipinski definition) is 7. The summed E-state index contributed by atoms with van der Waals surface area (Å²) in [5.74, 6) is 1.39. The lowest BCUT2D eigenvalue weighted by Crippen LogP contribution is -2.11. The van der Waals surface area contributed by atoms with Crippen LogP contribution in [-0.4, -0.2) is 49.1 Å². The van der Waals surface area contributed by atoms with Crippen LogP contribution >= 0.6 is 0 Å². The summed E-state index contributed by atoms with van der Waals surface area (Å²) < 4.78 is 5.27. The van der Waals surface area contributed by atoms with E-state index in [-0.39, 0.29) is 17.2 Å². The second kappa shape index (κ2) is 17.6. The summed E-state index contributed by atoms with van der Waals surface area (Å²) in [6, 6.07) is 29.5. The molecule has 0 bridgehead atoms. The predicted octanol–water partition coefficient (Wildman–Crippen LogP) is 10.9. The van der Waals surface area contributed by atoms with Crippen LogP contribution in [-0.2, 0) is 0 Å². The molecule has 60 heavy (non-hydrogen) atoms. The normalized spacial score (nSPS) is 10.8. The smallest absolute Gasteiger partial charge is 0.335 e. The van der Waals surface area contributed by atoms with Crippen LogP contribution in [0.4, 0.5) is 11.4 Å². The van der Waals surface area contributed by atoms with E-state index in [9.17, 15) is 14.7 Å². The number of aromatic hydroxyl groups is 1. The number of carbonyl (C=O) groups is 2. The third kappa shape index (κ3) is 9.48. The number of anilines is 2. The molecule has 0 spiro atoms. The van der Waals surface area contributed by atoms with Crippen molar-refractivity contribution in [2.75, 3.05) is 18.2 Å². The number of carboxylic acids is 1. The van der Waals surface area contributed by atoms with Crippen LogP contribution in [0.5, 0.6) is 11.5 Å². The maximum Gasteiger partial charge on any atom is 0.335 e. The highest BCUT2D eigenvalue weighted by atomic mass is 16.5. The van der Waals surface area contributed by atoms with Gasteiger partial charge >= 0.3 is 5.97 Å². The van der Waals surface area contributed by atoms with Gasteiger partial charge in [-0.25, -0.2) is 14.8 Å². The van der Waals surface area contributed by atoms with Crippen molar-refractivity contribution in [3.8, 4) is 34.3 Å². The van der Waals surface area contributed by atoms with Gasteiger partial charge in [0.15, 0.2) is 0 Å². The molecule has 306 valence electrons. The number of aryl methyl sites for hydroxylation is 8. The van der Waals surface area contributed by atoms with E-state index in [1.54, 1.807) is 43.5 Å². The standard InChI is InChI=1S/C24H23N3O2.C17H16N2O3.C8H11N/c1-13-5-7-18(9-14(13)2)25-24(29)17-6-8-20-21(12-17)27-23(26-20)22-15(3)10-19(28)11-16(22)4;1-9-6-12(22-3)7-10(2)15(9)16-18-13-5-4-11(17(20)21)8-14(13)19-16;1-6-3-4-8(9)5-7(6)2/h5-12,28H,1-4H3,(H,25,29)(H,26,27);4-8H,1-3H3,(H,18,19)(H,20,21);3-5H,9H2,1-2H3. The van der Waals surface area contributed by atoms with Gasteiger partial charge in [0.2, 0.25) is 0 Å². The summed E-state index contributed by atoms with van der Waals surface area (Å²) in [7, 11) is 1.64. The summed E-state index contributed by atoms with van der Waals surface area (Å²) in [4.78, 5) is 39.5. The summed E-state index contributed by atoms with van der Waals surface area (Å²) in [5.41, 5.74) is 21.8. The van der Waals surface area contributed by atoms with Crippen LogP contribution in [0, 0.1) is 55.4 Å². The minimum absolute atomic E-state index is 0.164. The highest BCUT2D eigenvalue weighted by Gasteiger charge is 2.16. The molecule has 0 fully saturated rings. The van der Waals surface area contributed by atoms with Crippen molar-refractivity contribution < 1.29 is 24.5 Å². The van der Waals surface area contributed by atoms with E-state index in [4.69, 9.17) is 15.6 Å². The lowest BCUT2D eigenvalue weighted by atomic mass is 10.0. The fourth-order valence-corrected chi connectivity index (χ4v) is 7.05. The molecule has 2 heterocycles. The van der Waals surface area contributed by atoms with Gasteiger partial charge in [0, 0.05) is 28.1 Å². The Morgan fingerprint density at radius 3 is 1.55 bits per heavy atom. The second-order valence-corrected chi connectivity index (χ2v) is 15.1. The topological polar surface area (TPSA) is 179 Å². The number of ether oxygens (including phenoxy) is 1. The molecule has 6 aromatic carbocycles. The van der Waals surface area contributed by atoms with Crippen LogP contribution in [0.3, 0.4) is 0 Å². The number of nitrogen functional groups attached to an aromatic ring is 1. The van der Waals surface area contributed by atoms with E-state index in [0.29, 0.717) is 11.1 Å². The van der Waals surface area contributed by atoms with Crippen molar-refractivity contribution >= 4 is 45.3 Å². The second-order valence-electron chi connectivity index (χ2n) is 15.1. The van der Waals surface area contributed by atoms with E-state index in [1.807, 2.05) is 102 Å². The van der Waals surface area contributed by atoms with Gasteiger partial charge < -0.3 is 36.0 Å². The van der Waals surface area contributed by atoms with Gasteiger partial charge in [0.25, 0.3) is 5.91 Å². The van der Waals surface area contributed by atoms with Gasteiger partial charge in [0.1, 0.15) is 23.1 Å². The van der Waals surface area contributed by atoms with E-state index >= 15 is 0 Å². The number of aromatic nitrogens is 4. The van der Waals surface area contributed by atoms with E-state index in [1.165, 1.54) is 16.7 Å². The number of nitrogens with two attached hydrogens (primary N) is 1.